The van der Waals surface area contributed by atoms with Crippen LogP contribution >= 0.6 is 0 Å². The molecule has 0 amide bonds. The molecule has 4 rings (SSSR count). The molecule has 0 atom stereocenters. The minimum absolute atomic E-state index is 1.18. The Balaban J connectivity index is 2.17. The summed E-state index contributed by atoms with van der Waals surface area (Å²) in [6.45, 7) is 2.14. The Morgan fingerprint density at radius 2 is 1.86 bits per heavy atom. The highest BCUT2D eigenvalue weighted by Crippen LogP contribution is 2.32. The van der Waals surface area contributed by atoms with Crippen LogP contribution in [-0.4, -0.2) is 4.57 Å². The Hall–Kier alpha value is -2.76. The maximum Gasteiger partial charge on any atom is 0.0618 e. The molecule has 0 saturated carbocycles. The predicted molar refractivity (Wildman–Crippen MR) is 89.6 cm³/mol. The zero-order valence-corrected chi connectivity index (χ0v) is 11.9. The van der Waals surface area contributed by atoms with Gasteiger partial charge in [-0.2, -0.15) is 0 Å². The monoisotopic (exact) mass is 269 g/mol. The third-order valence-electron chi connectivity index (χ3n) is 3.89. The smallest absolute Gasteiger partial charge is 0.0618 e. The fourth-order valence-electron chi connectivity index (χ4n) is 2.95. The number of fused-ring (bicyclic) bond motifs is 3. The first-order valence-electron chi connectivity index (χ1n) is 7.14. The number of hydrogen-bond donors (Lipinski definition) is 0. The summed E-state index contributed by atoms with van der Waals surface area (Å²) >= 11 is 0. The molecule has 1 heterocycles. The van der Waals surface area contributed by atoms with E-state index in [2.05, 4.69) is 77.9 Å². The third kappa shape index (κ3) is 1.87. The molecule has 0 N–H and O–H groups in total. The molecular weight excluding hydrogens is 254 g/mol. The van der Waals surface area contributed by atoms with Crippen molar-refractivity contribution in [3.05, 3.63) is 83.2 Å². The van der Waals surface area contributed by atoms with E-state index < -0.39 is 0 Å². The summed E-state index contributed by atoms with van der Waals surface area (Å²) in [6, 6.07) is 17.1. The van der Waals surface area contributed by atoms with Crippen molar-refractivity contribution >= 4 is 23.1 Å². The van der Waals surface area contributed by atoms with E-state index >= 15 is 0 Å². The molecular formula is C20H15N. The first-order chi connectivity index (χ1) is 10.3. The van der Waals surface area contributed by atoms with Crippen molar-refractivity contribution < 1.29 is 0 Å². The van der Waals surface area contributed by atoms with Crippen LogP contribution in [0.15, 0.2) is 66.4 Å². The van der Waals surface area contributed by atoms with Gasteiger partial charge in [0.2, 0.25) is 0 Å². The zero-order valence-electron chi connectivity index (χ0n) is 11.9. The largest absolute Gasteiger partial charge is 0.309 e. The topological polar surface area (TPSA) is 4.93 Å². The molecule has 0 fully saturated rings. The first-order valence-corrected chi connectivity index (χ1v) is 7.14. The number of aromatic nitrogens is 1. The summed E-state index contributed by atoms with van der Waals surface area (Å²) in [5.74, 6) is 0. The van der Waals surface area contributed by atoms with Gasteiger partial charge in [-0.3, -0.25) is 0 Å². The normalized spacial score (nSPS) is 12.6. The van der Waals surface area contributed by atoms with E-state index in [-0.39, 0.29) is 0 Å². The third-order valence-corrected chi connectivity index (χ3v) is 3.89. The van der Waals surface area contributed by atoms with Gasteiger partial charge in [0.1, 0.15) is 0 Å². The lowest BCUT2D eigenvalue weighted by molar-refractivity contribution is 1.11. The van der Waals surface area contributed by atoms with E-state index in [0.29, 0.717) is 0 Å². The highest BCUT2D eigenvalue weighted by Gasteiger charge is 2.15. The molecule has 0 spiro atoms. The molecule has 1 aliphatic carbocycles. The minimum Gasteiger partial charge on any atom is -0.309 e. The lowest BCUT2D eigenvalue weighted by atomic mass is 10.1. The molecule has 1 nitrogen and oxygen atoms in total. The summed E-state index contributed by atoms with van der Waals surface area (Å²) in [5, 5.41) is 1.29. The van der Waals surface area contributed by atoms with Gasteiger partial charge in [-0.15, -0.1) is 5.73 Å². The van der Waals surface area contributed by atoms with Crippen LogP contribution in [-0.2, 0) is 0 Å². The molecule has 0 bridgehead atoms. The van der Waals surface area contributed by atoms with E-state index in [0.717, 1.165) is 0 Å². The number of hydrogen-bond acceptors (Lipinski definition) is 0. The Morgan fingerprint density at radius 1 is 1.00 bits per heavy atom. The van der Waals surface area contributed by atoms with Crippen LogP contribution in [0, 0.1) is 6.92 Å². The van der Waals surface area contributed by atoms with Crippen LogP contribution in [0.4, 0.5) is 0 Å². The van der Waals surface area contributed by atoms with Gasteiger partial charge in [0.05, 0.1) is 11.2 Å². The van der Waals surface area contributed by atoms with Gasteiger partial charge < -0.3 is 4.57 Å². The van der Waals surface area contributed by atoms with Crippen molar-refractivity contribution in [2.45, 2.75) is 6.92 Å². The van der Waals surface area contributed by atoms with E-state index in [1.54, 1.807) is 0 Å². The van der Waals surface area contributed by atoms with Gasteiger partial charge in [-0.05, 0) is 37.3 Å². The molecule has 1 aliphatic rings. The molecule has 0 saturated heterocycles. The van der Waals surface area contributed by atoms with Crippen LogP contribution in [0.25, 0.3) is 28.7 Å². The van der Waals surface area contributed by atoms with E-state index in [1.807, 2.05) is 12.1 Å². The van der Waals surface area contributed by atoms with Crippen LogP contribution < -0.4 is 0 Å². The zero-order chi connectivity index (χ0) is 14.2. The fraction of sp³-hybridized carbons (Fsp3) is 0.0500. The van der Waals surface area contributed by atoms with E-state index in [4.69, 9.17) is 0 Å². The minimum atomic E-state index is 1.18. The fourth-order valence-corrected chi connectivity index (χ4v) is 2.95. The molecule has 0 unspecified atom stereocenters. The SMILES string of the molecule is Cc1ccc2c(c1)c1c(n2-c2ccccc2)C=C=CC=C1. The van der Waals surface area contributed by atoms with Crippen molar-refractivity contribution in [3.63, 3.8) is 0 Å². The Bertz CT molecular complexity index is 917. The summed E-state index contributed by atoms with van der Waals surface area (Å²) in [7, 11) is 0. The highest BCUT2D eigenvalue weighted by atomic mass is 15.0. The van der Waals surface area contributed by atoms with Gasteiger partial charge in [0.15, 0.2) is 0 Å². The van der Waals surface area contributed by atoms with Crippen molar-refractivity contribution in [1.82, 2.24) is 4.57 Å². The molecule has 1 heteroatoms. The van der Waals surface area contributed by atoms with Crippen LogP contribution in [0.2, 0.25) is 0 Å². The standard InChI is InChI=1S/C20H15N/c1-15-12-13-20-18(14-15)17-10-6-3-7-11-19(17)21(20)16-8-4-2-5-9-16/h2-6,8-14H,1H3. The number of allylic oxidation sites excluding steroid dienone is 2. The van der Waals surface area contributed by atoms with E-state index in [9.17, 15) is 0 Å². The van der Waals surface area contributed by atoms with Crippen molar-refractivity contribution in [2.24, 2.45) is 0 Å². The van der Waals surface area contributed by atoms with Crippen LogP contribution in [0.5, 0.6) is 0 Å². The van der Waals surface area contributed by atoms with Gasteiger partial charge in [0.25, 0.3) is 0 Å². The molecule has 21 heavy (non-hydrogen) atoms. The highest BCUT2D eigenvalue weighted by molar-refractivity contribution is 5.96. The molecule has 100 valence electrons. The lowest BCUT2D eigenvalue weighted by Gasteiger charge is -2.08. The molecule has 3 aromatic rings. The maximum absolute atomic E-state index is 3.23. The average molecular weight is 269 g/mol. The summed E-state index contributed by atoms with van der Waals surface area (Å²) in [5.41, 5.74) is 9.38. The van der Waals surface area contributed by atoms with Gasteiger partial charge in [-0.25, -0.2) is 0 Å². The van der Waals surface area contributed by atoms with Gasteiger partial charge >= 0.3 is 0 Å². The number of para-hydroxylation sites is 1. The van der Waals surface area contributed by atoms with Crippen molar-refractivity contribution in [1.29, 1.82) is 0 Å². The molecule has 2 aromatic carbocycles. The second-order valence-corrected chi connectivity index (χ2v) is 5.33. The predicted octanol–water partition coefficient (Wildman–Crippen LogP) is 5.13. The van der Waals surface area contributed by atoms with Gasteiger partial charge in [0, 0.05) is 22.7 Å². The lowest BCUT2D eigenvalue weighted by Crippen LogP contribution is -1.96. The summed E-state index contributed by atoms with van der Waals surface area (Å²) in [4.78, 5) is 0. The molecule has 0 aliphatic heterocycles. The van der Waals surface area contributed by atoms with Crippen molar-refractivity contribution in [3.8, 4) is 5.69 Å². The van der Waals surface area contributed by atoms with Crippen LogP contribution in [0.3, 0.4) is 0 Å². The average Bonchev–Trinajstić information content (AvgIpc) is 2.66. The Labute approximate surface area is 124 Å². The molecule has 0 radical (unpaired) electrons. The number of rotatable bonds is 1. The second kappa shape index (κ2) is 4.66. The number of benzene rings is 2. The van der Waals surface area contributed by atoms with Crippen LogP contribution in [0.1, 0.15) is 16.8 Å². The summed E-state index contributed by atoms with van der Waals surface area (Å²) < 4.78 is 2.31. The first kappa shape index (κ1) is 12.0. The quantitative estimate of drug-likeness (QED) is 0.539. The number of nitrogens with zero attached hydrogens (tertiary/aromatic N) is 1. The Morgan fingerprint density at radius 3 is 2.71 bits per heavy atom. The molecule has 1 aromatic heterocycles. The number of aryl methyl sites for hydroxylation is 1. The second-order valence-electron chi connectivity index (χ2n) is 5.33. The van der Waals surface area contributed by atoms with Gasteiger partial charge in [-0.1, -0.05) is 42.0 Å². The van der Waals surface area contributed by atoms with E-state index in [1.165, 1.54) is 33.4 Å². The summed E-state index contributed by atoms with van der Waals surface area (Å²) in [6.07, 6.45) is 8.25. The maximum atomic E-state index is 3.23. The van der Waals surface area contributed by atoms with Crippen molar-refractivity contribution in [2.75, 3.05) is 0 Å². The Kier molecular flexibility index (Phi) is 2.67.